The minimum Gasteiger partial charge on any atom is -0.462 e. The molecule has 0 atom stereocenters. The molecule has 0 aromatic heterocycles. The Balaban J connectivity index is 1.98. The van der Waals surface area contributed by atoms with Gasteiger partial charge in [-0.3, -0.25) is 0 Å². The van der Waals surface area contributed by atoms with Gasteiger partial charge >= 0.3 is 11.9 Å². The molecule has 2 aromatic rings. The van der Waals surface area contributed by atoms with Crippen LogP contribution in [0.2, 0.25) is 0 Å². The van der Waals surface area contributed by atoms with Crippen LogP contribution in [0.15, 0.2) is 61.2 Å². The predicted molar refractivity (Wildman–Crippen MR) is 97.5 cm³/mol. The third kappa shape index (κ3) is 5.60. The summed E-state index contributed by atoms with van der Waals surface area (Å²) in [5.41, 5.74) is 2.46. The largest absolute Gasteiger partial charge is 0.462 e. The highest BCUT2D eigenvalue weighted by Crippen LogP contribution is 2.23. The van der Waals surface area contributed by atoms with Crippen molar-refractivity contribution < 1.29 is 19.1 Å². The number of rotatable bonds is 8. The van der Waals surface area contributed by atoms with Crippen LogP contribution in [0.25, 0.3) is 11.1 Å². The van der Waals surface area contributed by atoms with Crippen molar-refractivity contribution in [3.63, 3.8) is 0 Å². The first-order valence-electron chi connectivity index (χ1n) is 8.36. The molecule has 0 aliphatic heterocycles. The van der Waals surface area contributed by atoms with E-state index in [2.05, 4.69) is 13.5 Å². The fourth-order valence-corrected chi connectivity index (χ4v) is 2.27. The third-order valence-corrected chi connectivity index (χ3v) is 3.67. The summed E-state index contributed by atoms with van der Waals surface area (Å²) in [7, 11) is 0. The van der Waals surface area contributed by atoms with Gasteiger partial charge in [-0.25, -0.2) is 9.59 Å². The van der Waals surface area contributed by atoms with Crippen LogP contribution in [0.1, 0.15) is 36.5 Å². The highest BCUT2D eigenvalue weighted by Gasteiger charge is 2.07. The molecule has 0 heterocycles. The van der Waals surface area contributed by atoms with Crippen molar-refractivity contribution in [1.29, 1.82) is 0 Å². The van der Waals surface area contributed by atoms with Gasteiger partial charge in [-0.2, -0.15) is 0 Å². The van der Waals surface area contributed by atoms with Crippen molar-refractivity contribution >= 4 is 11.9 Å². The van der Waals surface area contributed by atoms with E-state index in [1.54, 1.807) is 24.3 Å². The molecule has 0 N–H and O–H groups in total. The van der Waals surface area contributed by atoms with Gasteiger partial charge in [0.25, 0.3) is 0 Å². The molecule has 4 nitrogen and oxygen atoms in total. The van der Waals surface area contributed by atoms with E-state index in [1.807, 2.05) is 24.3 Å². The molecule has 130 valence electrons. The van der Waals surface area contributed by atoms with Gasteiger partial charge < -0.3 is 9.47 Å². The number of hydrogen-bond donors (Lipinski definition) is 0. The average Bonchev–Trinajstić information content (AvgIpc) is 2.65. The van der Waals surface area contributed by atoms with Crippen LogP contribution in [0.3, 0.4) is 0 Å². The van der Waals surface area contributed by atoms with E-state index >= 15 is 0 Å². The summed E-state index contributed by atoms with van der Waals surface area (Å²) in [4.78, 5) is 23.1. The summed E-state index contributed by atoms with van der Waals surface area (Å²) >= 11 is 0. The fraction of sp³-hybridized carbons (Fsp3) is 0.238. The summed E-state index contributed by atoms with van der Waals surface area (Å²) in [6.45, 7) is 5.93. The quantitative estimate of drug-likeness (QED) is 0.300. The first kappa shape index (κ1) is 18.5. The van der Waals surface area contributed by atoms with Crippen LogP contribution >= 0.6 is 0 Å². The third-order valence-electron chi connectivity index (χ3n) is 3.67. The zero-order valence-corrected chi connectivity index (χ0v) is 14.4. The number of ether oxygens (including phenoxy) is 2. The average molecular weight is 338 g/mol. The molecule has 0 bridgehead atoms. The van der Waals surface area contributed by atoms with Gasteiger partial charge in [-0.1, -0.05) is 50.6 Å². The highest BCUT2D eigenvalue weighted by molar-refractivity contribution is 5.90. The van der Waals surface area contributed by atoms with Crippen LogP contribution in [0.4, 0.5) is 0 Å². The second kappa shape index (κ2) is 9.42. The van der Waals surface area contributed by atoms with Gasteiger partial charge in [0, 0.05) is 6.08 Å². The van der Waals surface area contributed by atoms with E-state index < -0.39 is 5.97 Å². The van der Waals surface area contributed by atoms with E-state index in [9.17, 15) is 9.59 Å². The summed E-state index contributed by atoms with van der Waals surface area (Å²) in [6, 6.07) is 14.4. The lowest BCUT2D eigenvalue weighted by Gasteiger charge is -2.07. The maximum atomic E-state index is 12.0. The van der Waals surface area contributed by atoms with E-state index in [0.717, 1.165) is 36.5 Å². The van der Waals surface area contributed by atoms with Crippen molar-refractivity contribution in [2.75, 3.05) is 6.61 Å². The Labute approximate surface area is 148 Å². The maximum Gasteiger partial charge on any atom is 0.338 e. The summed E-state index contributed by atoms with van der Waals surface area (Å²) in [5.74, 6) is -0.329. The van der Waals surface area contributed by atoms with Crippen molar-refractivity contribution in [2.45, 2.75) is 26.2 Å². The molecule has 0 saturated carbocycles. The normalized spacial score (nSPS) is 10.1. The Morgan fingerprint density at radius 3 is 2.12 bits per heavy atom. The summed E-state index contributed by atoms with van der Waals surface area (Å²) in [6.07, 6.45) is 4.17. The molecule has 0 unspecified atom stereocenters. The Bertz CT molecular complexity index is 715. The summed E-state index contributed by atoms with van der Waals surface area (Å²) < 4.78 is 10.3. The van der Waals surface area contributed by atoms with Crippen LogP contribution in [0, 0.1) is 0 Å². The standard InChI is InChI=1S/C21H22O4/c1-3-5-6-15-24-21(23)18-9-7-16(8-10-18)17-11-13-19(14-12-17)25-20(22)4-2/h4,7-14H,2-3,5-6,15H2,1H3. The molecule has 2 rings (SSSR count). The van der Waals surface area contributed by atoms with E-state index in [4.69, 9.17) is 9.47 Å². The van der Waals surface area contributed by atoms with E-state index in [0.29, 0.717) is 17.9 Å². The molecular weight excluding hydrogens is 316 g/mol. The first-order chi connectivity index (χ1) is 12.1. The Kier molecular flexibility index (Phi) is 6.96. The maximum absolute atomic E-state index is 12.0. The van der Waals surface area contributed by atoms with Crippen molar-refractivity contribution in [1.82, 2.24) is 0 Å². The second-order valence-corrected chi connectivity index (χ2v) is 5.57. The molecule has 2 aromatic carbocycles. The number of carbonyl (C=O) groups is 2. The van der Waals surface area contributed by atoms with Gasteiger partial charge in [0.05, 0.1) is 12.2 Å². The second-order valence-electron chi connectivity index (χ2n) is 5.57. The van der Waals surface area contributed by atoms with Gasteiger partial charge in [-0.15, -0.1) is 0 Å². The SMILES string of the molecule is C=CC(=O)Oc1ccc(-c2ccc(C(=O)OCCCCC)cc2)cc1. The molecule has 0 saturated heterocycles. The van der Waals surface area contributed by atoms with Crippen molar-refractivity contribution in [2.24, 2.45) is 0 Å². The van der Waals surface area contributed by atoms with Crippen molar-refractivity contribution in [3.05, 3.63) is 66.7 Å². The minimum atomic E-state index is -0.491. The number of hydrogen-bond acceptors (Lipinski definition) is 4. The Morgan fingerprint density at radius 2 is 1.56 bits per heavy atom. The van der Waals surface area contributed by atoms with Crippen LogP contribution in [0.5, 0.6) is 5.75 Å². The first-order valence-corrected chi connectivity index (χ1v) is 8.36. The monoisotopic (exact) mass is 338 g/mol. The number of unbranched alkanes of at least 4 members (excludes halogenated alkanes) is 2. The molecule has 25 heavy (non-hydrogen) atoms. The lowest BCUT2D eigenvalue weighted by atomic mass is 10.0. The molecular formula is C21H22O4. The Morgan fingerprint density at radius 1 is 0.960 bits per heavy atom. The van der Waals surface area contributed by atoms with E-state index in [1.165, 1.54) is 0 Å². The van der Waals surface area contributed by atoms with Gasteiger partial charge in [0.1, 0.15) is 5.75 Å². The zero-order valence-electron chi connectivity index (χ0n) is 14.4. The molecule has 4 heteroatoms. The van der Waals surface area contributed by atoms with Crippen LogP contribution < -0.4 is 4.74 Å². The van der Waals surface area contributed by atoms with Crippen LogP contribution in [-0.2, 0) is 9.53 Å². The molecule has 0 amide bonds. The lowest BCUT2D eigenvalue weighted by Crippen LogP contribution is -2.06. The Hall–Kier alpha value is -2.88. The van der Waals surface area contributed by atoms with Crippen molar-refractivity contribution in [3.8, 4) is 16.9 Å². The molecule has 0 aliphatic carbocycles. The number of carbonyl (C=O) groups excluding carboxylic acids is 2. The molecule has 0 spiro atoms. The van der Waals surface area contributed by atoms with E-state index in [-0.39, 0.29) is 5.97 Å². The van der Waals surface area contributed by atoms with Gasteiger partial charge in [-0.05, 0) is 41.8 Å². The van der Waals surface area contributed by atoms with Crippen LogP contribution in [-0.4, -0.2) is 18.5 Å². The molecule has 0 radical (unpaired) electrons. The molecule has 0 aliphatic rings. The minimum absolute atomic E-state index is 0.297. The number of benzene rings is 2. The van der Waals surface area contributed by atoms with Gasteiger partial charge in [0.15, 0.2) is 0 Å². The smallest absolute Gasteiger partial charge is 0.338 e. The lowest BCUT2D eigenvalue weighted by molar-refractivity contribution is -0.128. The number of esters is 2. The molecule has 0 fully saturated rings. The fourth-order valence-electron chi connectivity index (χ4n) is 2.27. The van der Waals surface area contributed by atoms with Gasteiger partial charge in [0.2, 0.25) is 0 Å². The highest BCUT2D eigenvalue weighted by atomic mass is 16.5. The zero-order chi connectivity index (χ0) is 18.1. The summed E-state index contributed by atoms with van der Waals surface area (Å²) in [5, 5.41) is 0. The predicted octanol–water partition coefficient (Wildman–Crippen LogP) is 4.79. The topological polar surface area (TPSA) is 52.6 Å².